The van der Waals surface area contributed by atoms with Crippen LogP contribution in [0, 0.1) is 0 Å². The molecule has 4 aromatic heterocycles. The van der Waals surface area contributed by atoms with Gasteiger partial charge < -0.3 is 44.1 Å². The maximum Gasteiger partial charge on any atom is 0.369 e. The van der Waals surface area contributed by atoms with Crippen LogP contribution in [0.3, 0.4) is 0 Å². The van der Waals surface area contributed by atoms with E-state index in [1.165, 1.54) is 0 Å². The second kappa shape index (κ2) is 17.7. The number of carbonyl (C=O) groups excluding carboxylic acids is 1. The van der Waals surface area contributed by atoms with E-state index in [0.717, 1.165) is 43.8 Å². The standard InChI is InChI=1S/C33H44N10O7/c1-45-17-18-47-21-22-48-20-19-46-16-8-35-29(44)24-50-26-6-4-25(5-7-26)41-12-9-40(10-13-41)11-14-42-31-27(23-36-42)32-37-30(28-3-2-15-49-28)39-43(32)33(34)38-31/h2-7,15,23H,8-14,16-22,24H2,1H3,(H3,34,35,36,37,38,39,44)/p+1. The van der Waals surface area contributed by atoms with E-state index in [4.69, 9.17) is 33.8 Å². The third-order valence-electron chi connectivity index (χ3n) is 8.22. The van der Waals surface area contributed by atoms with E-state index in [9.17, 15) is 4.79 Å². The molecule has 5 aromatic rings. The minimum Gasteiger partial charge on any atom is -0.484 e. The molecule has 50 heavy (non-hydrogen) atoms. The SMILES string of the molecule is COCCOCCOCCOCCNC(=O)COc1ccc(N2CCN(CCn3ncc4c3nc(N)[n+]3[nH]c(-c5ccco5)nc43)CC2)cc1. The Hall–Kier alpha value is -4.81. The molecule has 0 radical (unpaired) electrons. The van der Waals surface area contributed by atoms with Gasteiger partial charge in [0.25, 0.3) is 17.4 Å². The summed E-state index contributed by atoms with van der Waals surface area (Å²) in [6.45, 7) is 8.95. The zero-order valence-electron chi connectivity index (χ0n) is 28.3. The number of piperazine rings is 1. The first kappa shape index (κ1) is 35.0. The number of fused-ring (bicyclic) bond motifs is 3. The van der Waals surface area contributed by atoms with Crippen LogP contribution in [-0.2, 0) is 30.3 Å². The van der Waals surface area contributed by atoms with Gasteiger partial charge in [0.15, 0.2) is 12.4 Å². The lowest BCUT2D eigenvalue weighted by Crippen LogP contribution is -2.47. The van der Waals surface area contributed by atoms with Gasteiger partial charge in [0.05, 0.1) is 65.3 Å². The summed E-state index contributed by atoms with van der Waals surface area (Å²) in [5.74, 6) is 1.92. The summed E-state index contributed by atoms with van der Waals surface area (Å²) < 4.78 is 35.8. The van der Waals surface area contributed by atoms with Crippen LogP contribution >= 0.6 is 0 Å². The van der Waals surface area contributed by atoms with E-state index in [1.54, 1.807) is 24.1 Å². The molecule has 1 fully saturated rings. The zero-order chi connectivity index (χ0) is 34.5. The number of anilines is 2. The molecule has 4 N–H and O–H groups in total. The fraction of sp³-hybridized carbons (Fsp3) is 0.485. The van der Waals surface area contributed by atoms with Crippen LogP contribution in [0.4, 0.5) is 11.6 Å². The topological polar surface area (TPSA) is 184 Å². The molecule has 0 unspecified atom stereocenters. The Morgan fingerprint density at radius 2 is 1.70 bits per heavy atom. The number of H-pyrrole nitrogens is 1. The Morgan fingerprint density at radius 3 is 2.42 bits per heavy atom. The van der Waals surface area contributed by atoms with E-state index < -0.39 is 0 Å². The molecule has 0 bridgehead atoms. The molecule has 1 aliphatic heterocycles. The smallest absolute Gasteiger partial charge is 0.369 e. The molecular weight excluding hydrogens is 648 g/mol. The number of ether oxygens (including phenoxy) is 5. The Bertz CT molecular complexity index is 1770. The van der Waals surface area contributed by atoms with Gasteiger partial charge in [0.1, 0.15) is 11.1 Å². The quantitative estimate of drug-likeness (QED) is 0.0767. The molecular formula is C33H45N10O7+. The lowest BCUT2D eigenvalue weighted by atomic mass is 10.2. The molecule has 0 spiro atoms. The van der Waals surface area contributed by atoms with Crippen molar-refractivity contribution >= 4 is 34.2 Å². The maximum atomic E-state index is 12.2. The van der Waals surface area contributed by atoms with E-state index in [1.807, 2.05) is 41.1 Å². The van der Waals surface area contributed by atoms with Crippen LogP contribution in [0.2, 0.25) is 0 Å². The molecule has 1 aliphatic rings. The monoisotopic (exact) mass is 693 g/mol. The van der Waals surface area contributed by atoms with Gasteiger partial charge >= 0.3 is 5.95 Å². The normalized spacial score (nSPS) is 13.8. The average Bonchev–Trinajstić information content (AvgIpc) is 3.92. The largest absolute Gasteiger partial charge is 0.484 e. The minimum atomic E-state index is -0.201. The molecule has 268 valence electrons. The van der Waals surface area contributed by atoms with Crippen LogP contribution in [0.5, 0.6) is 5.75 Å². The Morgan fingerprint density at radius 1 is 0.960 bits per heavy atom. The van der Waals surface area contributed by atoms with E-state index in [-0.39, 0.29) is 12.5 Å². The number of nitrogens with one attached hydrogen (secondary N) is 2. The number of aromatic nitrogens is 6. The number of nitrogens with two attached hydrogens (primary N) is 1. The lowest BCUT2D eigenvalue weighted by molar-refractivity contribution is -0.562. The molecule has 1 aromatic carbocycles. The van der Waals surface area contributed by atoms with E-state index in [0.29, 0.717) is 93.9 Å². The number of benzene rings is 1. The number of furan rings is 1. The van der Waals surface area contributed by atoms with Crippen molar-refractivity contribution in [1.29, 1.82) is 0 Å². The first-order valence-corrected chi connectivity index (χ1v) is 16.7. The third-order valence-corrected chi connectivity index (χ3v) is 8.22. The molecule has 0 saturated carbocycles. The van der Waals surface area contributed by atoms with Gasteiger partial charge in [-0.25, -0.2) is 9.78 Å². The van der Waals surface area contributed by atoms with Crippen molar-refractivity contribution in [1.82, 2.24) is 35.1 Å². The molecule has 1 saturated heterocycles. The molecule has 0 aliphatic carbocycles. The summed E-state index contributed by atoms with van der Waals surface area (Å²) in [5.41, 5.74) is 8.74. The molecule has 17 nitrogen and oxygen atoms in total. The fourth-order valence-electron chi connectivity index (χ4n) is 5.55. The highest BCUT2D eigenvalue weighted by atomic mass is 16.6. The average molecular weight is 694 g/mol. The van der Waals surface area contributed by atoms with Crippen molar-refractivity contribution in [3.8, 4) is 17.3 Å². The number of nitrogen functional groups attached to an aromatic ring is 1. The van der Waals surface area contributed by atoms with Crippen molar-refractivity contribution in [3.63, 3.8) is 0 Å². The van der Waals surface area contributed by atoms with E-state index >= 15 is 0 Å². The molecule has 17 heteroatoms. The molecule has 1 amide bonds. The Kier molecular flexibility index (Phi) is 12.4. The number of aromatic amines is 1. The summed E-state index contributed by atoms with van der Waals surface area (Å²) in [5, 5.41) is 11.3. The molecule has 6 rings (SSSR count). The number of hydrogen-bond donors (Lipinski definition) is 3. The van der Waals surface area contributed by atoms with Gasteiger partial charge in [0, 0.05) is 52.1 Å². The number of hydrogen-bond acceptors (Lipinski definition) is 13. The lowest BCUT2D eigenvalue weighted by Gasteiger charge is -2.36. The first-order valence-electron chi connectivity index (χ1n) is 16.7. The van der Waals surface area contributed by atoms with Crippen molar-refractivity contribution in [3.05, 3.63) is 48.9 Å². The summed E-state index contributed by atoms with van der Waals surface area (Å²) in [4.78, 5) is 26.2. The highest BCUT2D eigenvalue weighted by Crippen LogP contribution is 2.22. The van der Waals surface area contributed by atoms with Gasteiger partial charge in [0.2, 0.25) is 5.65 Å². The second-order valence-corrected chi connectivity index (χ2v) is 11.6. The predicted molar refractivity (Wildman–Crippen MR) is 183 cm³/mol. The minimum absolute atomic E-state index is 0.0603. The number of rotatable bonds is 20. The summed E-state index contributed by atoms with van der Waals surface area (Å²) in [7, 11) is 1.64. The maximum absolute atomic E-state index is 12.2. The molecule has 0 atom stereocenters. The van der Waals surface area contributed by atoms with Gasteiger partial charge in [-0.05, 0) is 36.4 Å². The second-order valence-electron chi connectivity index (χ2n) is 11.6. The molecule has 5 heterocycles. The van der Waals surface area contributed by atoms with Crippen molar-refractivity contribution < 1.29 is 37.4 Å². The van der Waals surface area contributed by atoms with E-state index in [2.05, 4.69) is 35.3 Å². The Labute approximate surface area is 289 Å². The van der Waals surface area contributed by atoms with Crippen LogP contribution < -0.4 is 25.2 Å². The highest BCUT2D eigenvalue weighted by molar-refractivity contribution is 5.87. The van der Waals surface area contributed by atoms with Gasteiger partial charge in [-0.15, -0.1) is 9.50 Å². The Balaban J connectivity index is 0.864. The van der Waals surface area contributed by atoms with Crippen molar-refractivity contribution in [2.45, 2.75) is 6.54 Å². The number of amides is 1. The van der Waals surface area contributed by atoms with Gasteiger partial charge in [-0.3, -0.25) is 9.69 Å². The fourth-order valence-corrected chi connectivity index (χ4v) is 5.55. The van der Waals surface area contributed by atoms with Crippen molar-refractivity contribution in [2.75, 3.05) is 110 Å². The van der Waals surface area contributed by atoms with Crippen molar-refractivity contribution in [2.24, 2.45) is 0 Å². The van der Waals surface area contributed by atoms with Crippen LogP contribution in [0.1, 0.15) is 0 Å². The highest BCUT2D eigenvalue weighted by Gasteiger charge is 2.23. The summed E-state index contributed by atoms with van der Waals surface area (Å²) in [6, 6.07) is 11.5. The summed E-state index contributed by atoms with van der Waals surface area (Å²) in [6.07, 6.45) is 3.38. The van der Waals surface area contributed by atoms with Crippen LogP contribution in [-0.4, -0.2) is 135 Å². The zero-order valence-corrected chi connectivity index (χ0v) is 28.3. The van der Waals surface area contributed by atoms with Crippen LogP contribution in [0.15, 0.2) is 53.3 Å². The number of methoxy groups -OCH3 is 1. The predicted octanol–water partition coefficient (Wildman–Crippen LogP) is 0.749. The summed E-state index contributed by atoms with van der Waals surface area (Å²) >= 11 is 0. The number of carbonyl (C=O) groups is 1. The first-order chi connectivity index (χ1) is 24.6. The van der Waals surface area contributed by atoms with Crippen LogP contribution in [0.25, 0.3) is 28.3 Å². The third kappa shape index (κ3) is 9.25. The number of nitrogens with zero attached hydrogens (tertiary/aromatic N) is 7. The van der Waals surface area contributed by atoms with Gasteiger partial charge in [-0.1, -0.05) is 4.98 Å². The van der Waals surface area contributed by atoms with Gasteiger partial charge in [-0.2, -0.15) is 5.10 Å².